The van der Waals surface area contributed by atoms with Crippen molar-refractivity contribution in [2.24, 2.45) is 4.99 Å². The third kappa shape index (κ3) is 4.72. The summed E-state index contributed by atoms with van der Waals surface area (Å²) in [7, 11) is 1.99. The van der Waals surface area contributed by atoms with Gasteiger partial charge in [-0.15, -0.1) is 0 Å². The van der Waals surface area contributed by atoms with E-state index in [4.69, 9.17) is 0 Å². The molecule has 0 aromatic heterocycles. The van der Waals surface area contributed by atoms with Gasteiger partial charge in [0.05, 0.1) is 17.6 Å². The van der Waals surface area contributed by atoms with Crippen LogP contribution in [0.1, 0.15) is 42.3 Å². The molecule has 4 nitrogen and oxygen atoms in total. The van der Waals surface area contributed by atoms with Gasteiger partial charge in [-0.3, -0.25) is 4.79 Å². The van der Waals surface area contributed by atoms with E-state index >= 15 is 0 Å². The number of aryl methyl sites for hydroxylation is 2. The molecule has 0 aliphatic rings. The second-order valence-electron chi connectivity index (χ2n) is 7.22. The molecule has 0 unspecified atom stereocenters. The van der Waals surface area contributed by atoms with Gasteiger partial charge in [0, 0.05) is 24.8 Å². The third-order valence-electron chi connectivity index (χ3n) is 4.48. The maximum absolute atomic E-state index is 13.2. The molecule has 0 fully saturated rings. The number of benzene rings is 2. The van der Waals surface area contributed by atoms with Crippen LogP contribution in [0.25, 0.3) is 0 Å². The molecular formula is C22H29N3O. The molecule has 0 atom stereocenters. The quantitative estimate of drug-likeness (QED) is 0.434. The summed E-state index contributed by atoms with van der Waals surface area (Å²) in [5.41, 5.74) is 3.80. The van der Waals surface area contributed by atoms with Gasteiger partial charge >= 0.3 is 0 Å². The van der Waals surface area contributed by atoms with E-state index in [-0.39, 0.29) is 5.78 Å². The Morgan fingerprint density at radius 1 is 1.15 bits per heavy atom. The van der Waals surface area contributed by atoms with Crippen LogP contribution in [-0.4, -0.2) is 36.2 Å². The Kier molecular flexibility index (Phi) is 6.19. The summed E-state index contributed by atoms with van der Waals surface area (Å²) in [5, 5.41) is 3.34. The van der Waals surface area contributed by atoms with Gasteiger partial charge in [0.15, 0.2) is 5.78 Å². The van der Waals surface area contributed by atoms with Crippen molar-refractivity contribution in [2.45, 2.75) is 40.2 Å². The number of hydrogen-bond donors (Lipinski definition) is 1. The van der Waals surface area contributed by atoms with E-state index in [1.807, 2.05) is 88.4 Å². The second-order valence-corrected chi connectivity index (χ2v) is 7.22. The number of anilines is 1. The average Bonchev–Trinajstić information content (AvgIpc) is 2.61. The summed E-state index contributed by atoms with van der Waals surface area (Å²) in [6.07, 6.45) is 1.82. The van der Waals surface area contributed by atoms with Gasteiger partial charge in [-0.25, -0.2) is 4.99 Å². The van der Waals surface area contributed by atoms with E-state index in [0.717, 1.165) is 34.6 Å². The lowest BCUT2D eigenvalue weighted by molar-refractivity contribution is 0.0926. The summed E-state index contributed by atoms with van der Waals surface area (Å²) in [5.74, 6) is 0.0724. The van der Waals surface area contributed by atoms with Gasteiger partial charge in [-0.05, 0) is 70.0 Å². The first-order chi connectivity index (χ1) is 12.2. The van der Waals surface area contributed by atoms with E-state index in [1.54, 1.807) is 0 Å². The number of nitrogens with one attached hydrogen (secondary N) is 1. The normalized spacial score (nSPS) is 11.6. The van der Waals surface area contributed by atoms with Gasteiger partial charge in [0.25, 0.3) is 0 Å². The minimum absolute atomic E-state index is 0.0724. The van der Waals surface area contributed by atoms with E-state index in [0.29, 0.717) is 0 Å². The van der Waals surface area contributed by atoms with Crippen molar-refractivity contribution in [1.82, 2.24) is 4.90 Å². The van der Waals surface area contributed by atoms with Crippen LogP contribution in [-0.2, 0) is 0 Å². The lowest BCUT2D eigenvalue weighted by Crippen LogP contribution is -2.40. The zero-order valence-electron chi connectivity index (χ0n) is 16.6. The first-order valence-electron chi connectivity index (χ1n) is 8.98. The summed E-state index contributed by atoms with van der Waals surface area (Å²) in [6.45, 7) is 10.8. The topological polar surface area (TPSA) is 44.7 Å². The highest BCUT2D eigenvalue weighted by molar-refractivity contribution is 6.06. The van der Waals surface area contributed by atoms with Crippen molar-refractivity contribution in [3.8, 4) is 0 Å². The van der Waals surface area contributed by atoms with Crippen LogP contribution in [0.15, 0.2) is 47.5 Å². The molecule has 4 heteroatoms. The molecule has 2 aromatic carbocycles. The smallest absolute Gasteiger partial charge is 0.187 e. The minimum atomic E-state index is -0.703. The molecule has 2 rings (SSSR count). The molecule has 0 bridgehead atoms. The summed E-state index contributed by atoms with van der Waals surface area (Å²) >= 11 is 0. The fourth-order valence-corrected chi connectivity index (χ4v) is 2.70. The Morgan fingerprint density at radius 2 is 1.81 bits per heavy atom. The Bertz CT molecular complexity index is 795. The molecule has 0 aliphatic carbocycles. The number of carbonyl (C=O) groups excluding carboxylic acids is 1. The average molecular weight is 351 g/mol. The predicted molar refractivity (Wildman–Crippen MR) is 111 cm³/mol. The number of hydrogen-bond acceptors (Lipinski definition) is 3. The summed E-state index contributed by atoms with van der Waals surface area (Å²) < 4.78 is 0. The first kappa shape index (κ1) is 19.7. The Morgan fingerprint density at radius 3 is 2.42 bits per heavy atom. The molecular weight excluding hydrogens is 322 g/mol. The van der Waals surface area contributed by atoms with Gasteiger partial charge in [0.2, 0.25) is 0 Å². The second kappa shape index (κ2) is 8.17. The van der Waals surface area contributed by atoms with Gasteiger partial charge in [-0.2, -0.15) is 0 Å². The zero-order chi connectivity index (χ0) is 19.3. The van der Waals surface area contributed by atoms with Crippen LogP contribution in [0.3, 0.4) is 0 Å². The molecule has 0 saturated heterocycles. The highest BCUT2D eigenvalue weighted by Crippen LogP contribution is 2.27. The SMILES string of the molecule is CCN(C)/C=N\c1cc(C)c(C(=O)C(C)(C)Nc2ccccc2)cc1C. The Hall–Kier alpha value is -2.62. The number of para-hydroxylation sites is 1. The molecule has 0 radical (unpaired) electrons. The van der Waals surface area contributed by atoms with Crippen LogP contribution in [0, 0.1) is 13.8 Å². The van der Waals surface area contributed by atoms with E-state index < -0.39 is 5.54 Å². The Balaban J connectivity index is 2.28. The standard InChI is InChI=1S/C22H29N3O/c1-7-25(6)15-23-20-14-16(2)19(13-17(20)3)21(26)22(4,5)24-18-11-9-8-10-12-18/h8-15,24H,7H2,1-6H3/b23-15-. The Labute approximate surface area is 157 Å². The third-order valence-corrected chi connectivity index (χ3v) is 4.48. The van der Waals surface area contributed by atoms with Gasteiger partial charge in [0.1, 0.15) is 0 Å². The fraction of sp³-hybridized carbons (Fsp3) is 0.364. The van der Waals surface area contributed by atoms with Crippen molar-refractivity contribution < 1.29 is 4.79 Å². The van der Waals surface area contributed by atoms with Gasteiger partial charge in [-0.1, -0.05) is 18.2 Å². The molecule has 0 heterocycles. The molecule has 2 aromatic rings. The van der Waals surface area contributed by atoms with E-state index in [9.17, 15) is 4.79 Å². The minimum Gasteiger partial charge on any atom is -0.373 e. The van der Waals surface area contributed by atoms with E-state index in [1.165, 1.54) is 0 Å². The van der Waals surface area contributed by atoms with Crippen molar-refractivity contribution in [3.63, 3.8) is 0 Å². The predicted octanol–water partition coefficient (Wildman–Crippen LogP) is 4.99. The number of nitrogens with zero attached hydrogens (tertiary/aromatic N) is 2. The maximum atomic E-state index is 13.2. The number of ketones is 1. The highest BCUT2D eigenvalue weighted by Gasteiger charge is 2.29. The van der Waals surface area contributed by atoms with Crippen molar-refractivity contribution >= 4 is 23.5 Å². The first-order valence-corrected chi connectivity index (χ1v) is 8.98. The molecule has 0 saturated carbocycles. The summed E-state index contributed by atoms with van der Waals surface area (Å²) in [4.78, 5) is 19.7. The molecule has 0 spiro atoms. The van der Waals surface area contributed by atoms with Crippen LogP contribution in [0.2, 0.25) is 0 Å². The largest absolute Gasteiger partial charge is 0.373 e. The number of Topliss-reactive ketones (excluding diaryl/α,β-unsaturated/α-hetero) is 1. The molecule has 0 amide bonds. The van der Waals surface area contributed by atoms with Crippen LogP contribution >= 0.6 is 0 Å². The number of rotatable bonds is 7. The van der Waals surface area contributed by atoms with Crippen LogP contribution in [0.5, 0.6) is 0 Å². The van der Waals surface area contributed by atoms with Gasteiger partial charge < -0.3 is 10.2 Å². The van der Waals surface area contributed by atoms with Crippen molar-refractivity contribution in [1.29, 1.82) is 0 Å². The lowest BCUT2D eigenvalue weighted by atomic mass is 9.89. The van der Waals surface area contributed by atoms with Crippen molar-refractivity contribution in [2.75, 3.05) is 18.9 Å². The number of aliphatic imine (C=N–C) groups is 1. The zero-order valence-corrected chi connectivity index (χ0v) is 16.6. The van der Waals surface area contributed by atoms with E-state index in [2.05, 4.69) is 17.2 Å². The summed E-state index contributed by atoms with van der Waals surface area (Å²) in [6, 6.07) is 13.7. The maximum Gasteiger partial charge on any atom is 0.187 e. The molecule has 138 valence electrons. The monoisotopic (exact) mass is 351 g/mol. The van der Waals surface area contributed by atoms with Crippen LogP contribution < -0.4 is 5.32 Å². The number of carbonyl (C=O) groups is 1. The molecule has 26 heavy (non-hydrogen) atoms. The molecule has 0 aliphatic heterocycles. The highest BCUT2D eigenvalue weighted by atomic mass is 16.1. The van der Waals surface area contributed by atoms with Crippen molar-refractivity contribution in [3.05, 3.63) is 59.2 Å². The lowest BCUT2D eigenvalue weighted by Gasteiger charge is -2.27. The van der Waals surface area contributed by atoms with Crippen LogP contribution in [0.4, 0.5) is 11.4 Å². The molecule has 1 N–H and O–H groups in total. The fourth-order valence-electron chi connectivity index (χ4n) is 2.70.